The molecule has 124 valence electrons. The fourth-order valence-corrected chi connectivity index (χ4v) is 2.94. The van der Waals surface area contributed by atoms with Crippen molar-refractivity contribution in [2.24, 2.45) is 0 Å². The van der Waals surface area contributed by atoms with E-state index >= 15 is 0 Å². The fraction of sp³-hybridized carbons (Fsp3) is 0.263. The normalized spacial score (nSPS) is 19.9. The van der Waals surface area contributed by atoms with Crippen molar-refractivity contribution in [1.82, 2.24) is 0 Å². The van der Waals surface area contributed by atoms with Crippen LogP contribution in [-0.2, 0) is 14.3 Å². The van der Waals surface area contributed by atoms with Gasteiger partial charge in [-0.3, -0.25) is 4.79 Å². The molecule has 0 fully saturated rings. The Kier molecular flexibility index (Phi) is 4.51. The van der Waals surface area contributed by atoms with Crippen molar-refractivity contribution in [2.75, 3.05) is 6.61 Å². The zero-order valence-electron chi connectivity index (χ0n) is 13.5. The molecule has 5 heteroatoms. The van der Waals surface area contributed by atoms with E-state index < -0.39 is 18.0 Å². The predicted octanol–water partition coefficient (Wildman–Crippen LogP) is 3.48. The quantitative estimate of drug-likeness (QED) is 0.621. The van der Waals surface area contributed by atoms with E-state index in [9.17, 15) is 9.59 Å². The van der Waals surface area contributed by atoms with Gasteiger partial charge in [0.2, 0.25) is 5.78 Å². The zero-order chi connectivity index (χ0) is 17.1. The first-order valence-corrected chi connectivity index (χ1v) is 7.80. The van der Waals surface area contributed by atoms with Crippen LogP contribution in [-0.4, -0.2) is 24.5 Å². The van der Waals surface area contributed by atoms with Crippen LogP contribution >= 0.6 is 0 Å². The molecular formula is C19H18O5. The van der Waals surface area contributed by atoms with Crippen molar-refractivity contribution in [3.05, 3.63) is 71.4 Å². The minimum Gasteiger partial charge on any atom is -0.485 e. The molecule has 1 aliphatic heterocycles. The van der Waals surface area contributed by atoms with Crippen LogP contribution in [0.1, 0.15) is 35.9 Å². The van der Waals surface area contributed by atoms with E-state index in [4.69, 9.17) is 13.9 Å². The summed E-state index contributed by atoms with van der Waals surface area (Å²) in [5.74, 6) is -0.667. The Labute approximate surface area is 139 Å². The smallest absolute Gasteiger partial charge is 0.338 e. The van der Waals surface area contributed by atoms with E-state index in [1.165, 1.54) is 6.26 Å². The Morgan fingerprint density at radius 3 is 2.50 bits per heavy atom. The van der Waals surface area contributed by atoms with Gasteiger partial charge in [-0.1, -0.05) is 30.3 Å². The Morgan fingerprint density at radius 1 is 1.12 bits per heavy atom. The summed E-state index contributed by atoms with van der Waals surface area (Å²) < 4.78 is 16.1. The second-order valence-electron chi connectivity index (χ2n) is 5.46. The van der Waals surface area contributed by atoms with Gasteiger partial charge in [-0.2, -0.15) is 0 Å². The number of carbonyl (C=O) groups excluding carboxylic acids is 2. The molecule has 3 rings (SSSR count). The molecule has 0 unspecified atom stereocenters. The number of furan rings is 1. The lowest BCUT2D eigenvalue weighted by Crippen LogP contribution is -2.28. The Hall–Kier alpha value is -2.82. The third kappa shape index (κ3) is 2.85. The summed E-state index contributed by atoms with van der Waals surface area (Å²) >= 11 is 0. The van der Waals surface area contributed by atoms with Gasteiger partial charge in [0.05, 0.1) is 24.4 Å². The first-order valence-electron chi connectivity index (χ1n) is 7.80. The topological polar surface area (TPSA) is 65.7 Å². The van der Waals surface area contributed by atoms with E-state index in [1.54, 1.807) is 26.0 Å². The molecule has 1 aromatic carbocycles. The molecule has 2 atom stereocenters. The second-order valence-corrected chi connectivity index (χ2v) is 5.46. The van der Waals surface area contributed by atoms with Crippen LogP contribution in [0.2, 0.25) is 0 Å². The number of ether oxygens (including phenoxy) is 2. The van der Waals surface area contributed by atoms with E-state index in [2.05, 4.69) is 0 Å². The molecule has 0 N–H and O–H groups in total. The van der Waals surface area contributed by atoms with Crippen molar-refractivity contribution in [3.8, 4) is 0 Å². The van der Waals surface area contributed by atoms with Crippen LogP contribution in [0, 0.1) is 0 Å². The third-order valence-corrected chi connectivity index (χ3v) is 3.97. The average Bonchev–Trinajstić information content (AvgIpc) is 3.23. The highest BCUT2D eigenvalue weighted by molar-refractivity contribution is 6.01. The molecule has 0 aliphatic carbocycles. The Morgan fingerprint density at radius 2 is 1.88 bits per heavy atom. The maximum Gasteiger partial charge on any atom is 0.338 e. The number of esters is 1. The van der Waals surface area contributed by atoms with Crippen LogP contribution in [0.3, 0.4) is 0 Å². The highest BCUT2D eigenvalue weighted by Gasteiger charge is 2.45. The highest BCUT2D eigenvalue weighted by Crippen LogP contribution is 2.41. The number of benzene rings is 1. The van der Waals surface area contributed by atoms with Crippen molar-refractivity contribution >= 4 is 11.8 Å². The summed E-state index contributed by atoms with van der Waals surface area (Å²) in [6, 6.07) is 12.6. The minimum atomic E-state index is -0.849. The van der Waals surface area contributed by atoms with Crippen LogP contribution in [0.5, 0.6) is 0 Å². The van der Waals surface area contributed by atoms with Gasteiger partial charge in [0, 0.05) is 0 Å². The Bertz CT molecular complexity index is 758. The number of allylic oxidation sites excluding steroid dienone is 1. The summed E-state index contributed by atoms with van der Waals surface area (Å²) in [6.07, 6.45) is 0.588. The average molecular weight is 326 g/mol. The molecule has 1 aromatic heterocycles. The molecule has 0 amide bonds. The summed E-state index contributed by atoms with van der Waals surface area (Å²) in [5.41, 5.74) is 1.20. The van der Waals surface area contributed by atoms with Crippen molar-refractivity contribution in [2.45, 2.75) is 25.9 Å². The monoisotopic (exact) mass is 326 g/mol. The first kappa shape index (κ1) is 16.1. The predicted molar refractivity (Wildman–Crippen MR) is 86.4 cm³/mol. The van der Waals surface area contributed by atoms with Crippen LogP contribution < -0.4 is 0 Å². The van der Waals surface area contributed by atoms with E-state index in [0.29, 0.717) is 11.3 Å². The number of rotatable bonds is 5. The highest BCUT2D eigenvalue weighted by atomic mass is 16.5. The number of Topliss-reactive ketones (excluding diaryl/α,β-unsaturated/α-hetero) is 1. The van der Waals surface area contributed by atoms with Crippen LogP contribution in [0.25, 0.3) is 0 Å². The molecule has 2 aromatic rings. The molecule has 0 radical (unpaired) electrons. The maximum atomic E-state index is 12.8. The Balaban J connectivity index is 2.02. The van der Waals surface area contributed by atoms with Gasteiger partial charge in [0.25, 0.3) is 0 Å². The maximum absolute atomic E-state index is 12.8. The summed E-state index contributed by atoms with van der Waals surface area (Å²) in [5, 5.41) is 0. The van der Waals surface area contributed by atoms with Gasteiger partial charge in [-0.15, -0.1) is 0 Å². The standard InChI is InChI=1S/C19H18O5/c1-3-22-19(21)15-12(2)24-18(17(20)14-10-7-11-23-14)16(15)13-8-5-4-6-9-13/h4-11,16,18H,3H2,1-2H3/t16-,18-/m1/s1. The summed E-state index contributed by atoms with van der Waals surface area (Å²) in [6.45, 7) is 3.68. The summed E-state index contributed by atoms with van der Waals surface area (Å²) in [4.78, 5) is 25.2. The first-order chi connectivity index (χ1) is 11.6. The molecule has 0 saturated carbocycles. The van der Waals surface area contributed by atoms with Crippen LogP contribution in [0.4, 0.5) is 0 Å². The van der Waals surface area contributed by atoms with E-state index in [0.717, 1.165) is 5.56 Å². The molecule has 1 aliphatic rings. The second kappa shape index (κ2) is 6.74. The van der Waals surface area contributed by atoms with Gasteiger partial charge >= 0.3 is 5.97 Å². The summed E-state index contributed by atoms with van der Waals surface area (Å²) in [7, 11) is 0. The number of carbonyl (C=O) groups is 2. The molecule has 2 heterocycles. The van der Waals surface area contributed by atoms with Gasteiger partial charge < -0.3 is 13.9 Å². The lowest BCUT2D eigenvalue weighted by molar-refractivity contribution is -0.138. The molecule has 0 saturated heterocycles. The fourth-order valence-electron chi connectivity index (χ4n) is 2.94. The molecular weight excluding hydrogens is 308 g/mol. The number of hydrogen-bond donors (Lipinski definition) is 0. The number of ketones is 1. The molecule has 0 spiro atoms. The molecule has 24 heavy (non-hydrogen) atoms. The van der Waals surface area contributed by atoms with Gasteiger partial charge in [0.15, 0.2) is 11.9 Å². The van der Waals surface area contributed by atoms with E-state index in [1.807, 2.05) is 30.3 Å². The lowest BCUT2D eigenvalue weighted by atomic mass is 9.85. The van der Waals surface area contributed by atoms with Crippen molar-refractivity contribution in [3.63, 3.8) is 0 Å². The SMILES string of the molecule is CCOC(=O)C1=C(C)O[C@@H](C(=O)c2ccco2)[C@@H]1c1ccccc1. The van der Waals surface area contributed by atoms with Crippen molar-refractivity contribution < 1.29 is 23.5 Å². The van der Waals surface area contributed by atoms with Crippen molar-refractivity contribution in [1.29, 1.82) is 0 Å². The van der Waals surface area contributed by atoms with E-state index in [-0.39, 0.29) is 18.2 Å². The van der Waals surface area contributed by atoms with Gasteiger partial charge in [0.1, 0.15) is 5.76 Å². The molecule has 5 nitrogen and oxygen atoms in total. The largest absolute Gasteiger partial charge is 0.485 e. The number of hydrogen-bond acceptors (Lipinski definition) is 5. The minimum absolute atomic E-state index is 0.207. The van der Waals surface area contributed by atoms with Gasteiger partial charge in [-0.05, 0) is 31.5 Å². The van der Waals surface area contributed by atoms with Gasteiger partial charge in [-0.25, -0.2) is 4.79 Å². The zero-order valence-corrected chi connectivity index (χ0v) is 13.5. The van der Waals surface area contributed by atoms with Crippen LogP contribution in [0.15, 0.2) is 64.5 Å². The molecule has 0 bridgehead atoms. The lowest BCUT2D eigenvalue weighted by Gasteiger charge is -2.19. The third-order valence-electron chi connectivity index (χ3n) is 3.97.